The minimum absolute atomic E-state index is 0.0207. The molecule has 26 heavy (non-hydrogen) atoms. The maximum absolute atomic E-state index is 12.0. The van der Waals surface area contributed by atoms with Gasteiger partial charge in [0.15, 0.2) is 11.0 Å². The summed E-state index contributed by atoms with van der Waals surface area (Å²) in [7, 11) is 1.92. The van der Waals surface area contributed by atoms with Crippen molar-refractivity contribution >= 4 is 17.7 Å². The Kier molecular flexibility index (Phi) is 6.44. The van der Waals surface area contributed by atoms with Crippen molar-refractivity contribution in [3.05, 3.63) is 66.2 Å². The molecular formula is C20H22N4OS. The van der Waals surface area contributed by atoms with Crippen LogP contribution in [-0.4, -0.2) is 33.0 Å². The Morgan fingerprint density at radius 1 is 1.04 bits per heavy atom. The highest BCUT2D eigenvalue weighted by Crippen LogP contribution is 2.22. The maximum atomic E-state index is 12.0. The predicted molar refractivity (Wildman–Crippen MR) is 105 cm³/mol. The van der Waals surface area contributed by atoms with Gasteiger partial charge in [-0.3, -0.25) is 4.79 Å². The van der Waals surface area contributed by atoms with E-state index in [0.717, 1.165) is 29.4 Å². The smallest absolute Gasteiger partial charge is 0.230 e. The van der Waals surface area contributed by atoms with E-state index < -0.39 is 0 Å². The molecule has 1 heterocycles. The molecule has 0 unspecified atom stereocenters. The number of benzene rings is 2. The van der Waals surface area contributed by atoms with Crippen molar-refractivity contribution < 1.29 is 4.79 Å². The minimum Gasteiger partial charge on any atom is -0.355 e. The minimum atomic E-state index is 0.0207. The SMILES string of the molecule is Cn1c(SCC(=O)NCCCc2ccccc2)nnc1-c1ccccc1. The Hall–Kier alpha value is -2.60. The van der Waals surface area contributed by atoms with E-state index >= 15 is 0 Å². The fraction of sp³-hybridized carbons (Fsp3) is 0.250. The van der Waals surface area contributed by atoms with Crippen molar-refractivity contribution in [3.8, 4) is 11.4 Å². The summed E-state index contributed by atoms with van der Waals surface area (Å²) in [6.07, 6.45) is 1.90. The zero-order valence-electron chi connectivity index (χ0n) is 14.8. The standard InChI is InChI=1S/C20H22N4OS/c1-24-19(17-12-6-3-7-13-17)22-23-20(24)26-15-18(25)21-14-8-11-16-9-4-2-5-10-16/h2-7,9-10,12-13H,8,11,14-15H2,1H3,(H,21,25). The first-order chi connectivity index (χ1) is 12.7. The van der Waals surface area contributed by atoms with Crippen LogP contribution in [0.25, 0.3) is 11.4 Å². The Morgan fingerprint density at radius 3 is 2.46 bits per heavy atom. The van der Waals surface area contributed by atoms with Crippen molar-refractivity contribution in [2.75, 3.05) is 12.3 Å². The van der Waals surface area contributed by atoms with Gasteiger partial charge < -0.3 is 9.88 Å². The highest BCUT2D eigenvalue weighted by Gasteiger charge is 2.12. The fourth-order valence-electron chi connectivity index (χ4n) is 2.63. The summed E-state index contributed by atoms with van der Waals surface area (Å²) in [5.41, 5.74) is 2.31. The lowest BCUT2D eigenvalue weighted by Gasteiger charge is -2.06. The first-order valence-corrected chi connectivity index (χ1v) is 9.61. The largest absolute Gasteiger partial charge is 0.355 e. The number of nitrogens with one attached hydrogen (secondary N) is 1. The van der Waals surface area contributed by atoms with E-state index in [0.29, 0.717) is 12.3 Å². The molecule has 2 aromatic carbocycles. The van der Waals surface area contributed by atoms with Crippen molar-refractivity contribution in [1.82, 2.24) is 20.1 Å². The summed E-state index contributed by atoms with van der Waals surface area (Å²) in [5, 5.41) is 12.1. The van der Waals surface area contributed by atoms with Gasteiger partial charge in [-0.15, -0.1) is 10.2 Å². The molecule has 0 saturated carbocycles. The van der Waals surface area contributed by atoms with Crippen LogP contribution in [-0.2, 0) is 18.3 Å². The van der Waals surface area contributed by atoms with Crippen LogP contribution in [0.15, 0.2) is 65.8 Å². The van der Waals surface area contributed by atoms with Crippen molar-refractivity contribution in [3.63, 3.8) is 0 Å². The van der Waals surface area contributed by atoms with Crippen molar-refractivity contribution in [2.45, 2.75) is 18.0 Å². The summed E-state index contributed by atoms with van der Waals surface area (Å²) in [6, 6.07) is 20.2. The molecule has 0 saturated heterocycles. The lowest BCUT2D eigenvalue weighted by molar-refractivity contribution is -0.118. The number of aromatic nitrogens is 3. The summed E-state index contributed by atoms with van der Waals surface area (Å²) in [4.78, 5) is 12.0. The molecule has 1 N–H and O–H groups in total. The van der Waals surface area contributed by atoms with Crippen molar-refractivity contribution in [2.24, 2.45) is 7.05 Å². The van der Waals surface area contributed by atoms with E-state index in [4.69, 9.17) is 0 Å². The third-order valence-electron chi connectivity index (χ3n) is 4.01. The van der Waals surface area contributed by atoms with Crippen LogP contribution in [0.3, 0.4) is 0 Å². The van der Waals surface area contributed by atoms with Crippen LogP contribution in [0.4, 0.5) is 0 Å². The number of thioether (sulfide) groups is 1. The molecule has 134 valence electrons. The molecule has 0 radical (unpaired) electrons. The van der Waals surface area contributed by atoms with E-state index in [2.05, 4.69) is 27.6 Å². The number of hydrogen-bond donors (Lipinski definition) is 1. The van der Waals surface area contributed by atoms with Gasteiger partial charge in [0.05, 0.1) is 5.75 Å². The van der Waals surface area contributed by atoms with E-state index in [1.165, 1.54) is 17.3 Å². The molecule has 0 spiro atoms. The Bertz CT molecular complexity index is 834. The number of nitrogens with zero attached hydrogens (tertiary/aromatic N) is 3. The number of carbonyl (C=O) groups is 1. The number of carbonyl (C=O) groups excluding carboxylic acids is 1. The number of aryl methyl sites for hydroxylation is 1. The van der Waals surface area contributed by atoms with Crippen LogP contribution in [0, 0.1) is 0 Å². The van der Waals surface area contributed by atoms with Gasteiger partial charge in [-0.2, -0.15) is 0 Å². The summed E-state index contributed by atoms with van der Waals surface area (Å²) < 4.78 is 1.92. The highest BCUT2D eigenvalue weighted by atomic mass is 32.2. The Labute approximate surface area is 157 Å². The number of amides is 1. The average molecular weight is 366 g/mol. The topological polar surface area (TPSA) is 59.8 Å². The highest BCUT2D eigenvalue weighted by molar-refractivity contribution is 7.99. The zero-order chi connectivity index (χ0) is 18.2. The molecule has 3 rings (SSSR count). The first-order valence-electron chi connectivity index (χ1n) is 8.62. The first kappa shape index (κ1) is 18.2. The van der Waals surface area contributed by atoms with E-state index in [1.54, 1.807) is 0 Å². The molecule has 0 aliphatic rings. The second-order valence-electron chi connectivity index (χ2n) is 5.96. The summed E-state index contributed by atoms with van der Waals surface area (Å²) in [5.74, 6) is 1.16. The summed E-state index contributed by atoms with van der Waals surface area (Å²) >= 11 is 1.40. The van der Waals surface area contributed by atoms with Gasteiger partial charge in [0.25, 0.3) is 0 Å². The molecule has 1 amide bonds. The van der Waals surface area contributed by atoms with E-state index in [1.807, 2.05) is 60.1 Å². The van der Waals surface area contributed by atoms with Crippen LogP contribution < -0.4 is 5.32 Å². The zero-order valence-corrected chi connectivity index (χ0v) is 15.6. The quantitative estimate of drug-likeness (QED) is 0.491. The van der Waals surface area contributed by atoms with E-state index in [-0.39, 0.29) is 5.91 Å². The molecule has 0 bridgehead atoms. The normalized spacial score (nSPS) is 10.7. The molecule has 0 aliphatic heterocycles. The molecule has 0 aliphatic carbocycles. The average Bonchev–Trinajstić information content (AvgIpc) is 3.05. The van der Waals surface area contributed by atoms with Crippen LogP contribution >= 0.6 is 11.8 Å². The Balaban J connectivity index is 1.43. The van der Waals surface area contributed by atoms with Gasteiger partial charge in [0.1, 0.15) is 0 Å². The van der Waals surface area contributed by atoms with Gasteiger partial charge in [-0.1, -0.05) is 72.4 Å². The van der Waals surface area contributed by atoms with Crippen molar-refractivity contribution in [1.29, 1.82) is 0 Å². The Morgan fingerprint density at radius 2 is 1.73 bits per heavy atom. The van der Waals surface area contributed by atoms with Gasteiger partial charge >= 0.3 is 0 Å². The van der Waals surface area contributed by atoms with Crippen LogP contribution in [0.2, 0.25) is 0 Å². The maximum Gasteiger partial charge on any atom is 0.230 e. The molecular weight excluding hydrogens is 344 g/mol. The molecule has 0 atom stereocenters. The number of hydrogen-bond acceptors (Lipinski definition) is 4. The van der Waals surface area contributed by atoms with Gasteiger partial charge in [0, 0.05) is 19.2 Å². The van der Waals surface area contributed by atoms with Gasteiger partial charge in [0.2, 0.25) is 5.91 Å². The summed E-state index contributed by atoms with van der Waals surface area (Å²) in [6.45, 7) is 0.683. The predicted octanol–water partition coefficient (Wildman–Crippen LogP) is 3.32. The lowest BCUT2D eigenvalue weighted by atomic mass is 10.1. The van der Waals surface area contributed by atoms with Crippen LogP contribution in [0.1, 0.15) is 12.0 Å². The fourth-order valence-corrected chi connectivity index (χ4v) is 3.37. The van der Waals surface area contributed by atoms with E-state index in [9.17, 15) is 4.79 Å². The number of rotatable bonds is 8. The monoisotopic (exact) mass is 366 g/mol. The molecule has 0 fully saturated rings. The molecule has 6 heteroatoms. The lowest BCUT2D eigenvalue weighted by Crippen LogP contribution is -2.26. The molecule has 1 aromatic heterocycles. The van der Waals surface area contributed by atoms with Crippen LogP contribution in [0.5, 0.6) is 0 Å². The third kappa shape index (κ3) is 4.95. The second kappa shape index (κ2) is 9.20. The van der Waals surface area contributed by atoms with Gasteiger partial charge in [-0.05, 0) is 18.4 Å². The third-order valence-corrected chi connectivity index (χ3v) is 5.03. The van der Waals surface area contributed by atoms with Gasteiger partial charge in [-0.25, -0.2) is 0 Å². The second-order valence-corrected chi connectivity index (χ2v) is 6.90. The molecule has 3 aromatic rings. The molecule has 5 nitrogen and oxygen atoms in total.